The molecule has 1 saturated carbocycles. The molecule has 1 fully saturated rings. The lowest BCUT2D eigenvalue weighted by Crippen LogP contribution is -2.32. The first-order valence-electron chi connectivity index (χ1n) is 8.09. The molecular weight excluding hydrogens is 385 g/mol. The molecule has 0 amide bonds. The maximum Gasteiger partial charge on any atom is 0.421 e. The van der Waals surface area contributed by atoms with Crippen LogP contribution in [0.3, 0.4) is 0 Å². The number of halogens is 4. The Balaban J connectivity index is 1.70. The predicted molar refractivity (Wildman–Crippen MR) is 89.3 cm³/mol. The summed E-state index contributed by atoms with van der Waals surface area (Å²) in [6.45, 7) is -0.337. The Kier molecular flexibility index (Phi) is 4.26. The van der Waals surface area contributed by atoms with E-state index in [1.807, 2.05) is 0 Å². The van der Waals surface area contributed by atoms with Crippen molar-refractivity contribution in [1.82, 2.24) is 19.9 Å². The molecule has 0 saturated heterocycles. The summed E-state index contributed by atoms with van der Waals surface area (Å²) in [5.74, 6) is 0.0838. The average Bonchev–Trinajstić information content (AvgIpc) is 3.36. The first-order chi connectivity index (χ1) is 12.8. The van der Waals surface area contributed by atoms with Crippen molar-refractivity contribution in [2.24, 2.45) is 0 Å². The molecule has 0 atom stereocenters. The molecule has 1 aromatic carbocycles. The third kappa shape index (κ3) is 3.59. The van der Waals surface area contributed by atoms with Gasteiger partial charge in [0.2, 0.25) is 0 Å². The molecule has 27 heavy (non-hydrogen) atoms. The summed E-state index contributed by atoms with van der Waals surface area (Å²) >= 11 is 6.07. The van der Waals surface area contributed by atoms with Crippen molar-refractivity contribution in [3.63, 3.8) is 0 Å². The van der Waals surface area contributed by atoms with Crippen LogP contribution < -0.4 is 5.56 Å². The lowest BCUT2D eigenvalue weighted by atomic mass is 10.2. The zero-order valence-corrected chi connectivity index (χ0v) is 14.5. The van der Waals surface area contributed by atoms with Gasteiger partial charge in [0.25, 0.3) is 11.4 Å². The molecule has 140 valence electrons. The summed E-state index contributed by atoms with van der Waals surface area (Å²) < 4.78 is 45.4. The SMILES string of the molecule is O=c1c(C(F)(F)F)cc(C2CC2)nn1Cc1noc(-c2ccccc2Cl)n1. The van der Waals surface area contributed by atoms with Crippen molar-refractivity contribution < 1.29 is 17.7 Å². The van der Waals surface area contributed by atoms with Gasteiger partial charge < -0.3 is 4.52 Å². The zero-order chi connectivity index (χ0) is 19.2. The molecule has 6 nitrogen and oxygen atoms in total. The van der Waals surface area contributed by atoms with E-state index in [2.05, 4.69) is 15.2 Å². The number of benzene rings is 1. The largest absolute Gasteiger partial charge is 0.421 e. The van der Waals surface area contributed by atoms with E-state index < -0.39 is 17.3 Å². The Morgan fingerprint density at radius 3 is 2.67 bits per heavy atom. The average molecular weight is 397 g/mol. The molecule has 3 aromatic rings. The van der Waals surface area contributed by atoms with E-state index in [4.69, 9.17) is 16.1 Å². The Bertz CT molecular complexity index is 1060. The van der Waals surface area contributed by atoms with E-state index in [0.29, 0.717) is 10.6 Å². The third-order valence-corrected chi connectivity index (χ3v) is 4.49. The van der Waals surface area contributed by atoms with Gasteiger partial charge in [-0.3, -0.25) is 4.79 Å². The highest BCUT2D eigenvalue weighted by Crippen LogP contribution is 2.40. The Hall–Kier alpha value is -2.68. The highest BCUT2D eigenvalue weighted by molar-refractivity contribution is 6.33. The quantitative estimate of drug-likeness (QED) is 0.669. The van der Waals surface area contributed by atoms with Crippen molar-refractivity contribution in [3.05, 3.63) is 62.8 Å². The number of hydrogen-bond donors (Lipinski definition) is 0. The lowest BCUT2D eigenvalue weighted by Gasteiger charge is -2.11. The van der Waals surface area contributed by atoms with E-state index >= 15 is 0 Å². The number of nitrogens with zero attached hydrogens (tertiary/aromatic N) is 4. The van der Waals surface area contributed by atoms with Gasteiger partial charge in [-0.2, -0.15) is 23.3 Å². The van der Waals surface area contributed by atoms with Crippen molar-refractivity contribution in [3.8, 4) is 11.5 Å². The standard InChI is InChI=1S/C17H12ClF3N4O2/c18-12-4-2-1-3-10(12)15-22-14(24-27-15)8-25-16(26)11(17(19,20)21)7-13(23-25)9-5-6-9/h1-4,7,9H,5-6,8H2. The lowest BCUT2D eigenvalue weighted by molar-refractivity contribution is -0.139. The van der Waals surface area contributed by atoms with Crippen LogP contribution in [0.25, 0.3) is 11.5 Å². The van der Waals surface area contributed by atoms with Crippen LogP contribution in [0, 0.1) is 0 Å². The van der Waals surface area contributed by atoms with Crippen LogP contribution in [0.2, 0.25) is 5.02 Å². The summed E-state index contributed by atoms with van der Waals surface area (Å²) in [4.78, 5) is 16.3. The smallest absolute Gasteiger partial charge is 0.334 e. The minimum absolute atomic E-state index is 0.0283. The van der Waals surface area contributed by atoms with E-state index in [-0.39, 0.29) is 29.9 Å². The molecule has 0 aliphatic heterocycles. The van der Waals surface area contributed by atoms with Crippen LogP contribution in [-0.4, -0.2) is 19.9 Å². The minimum Gasteiger partial charge on any atom is -0.334 e. The number of aromatic nitrogens is 4. The molecule has 4 rings (SSSR count). The van der Waals surface area contributed by atoms with Gasteiger partial charge in [0, 0.05) is 5.92 Å². The van der Waals surface area contributed by atoms with Crippen molar-refractivity contribution in [1.29, 1.82) is 0 Å². The normalized spacial score (nSPS) is 14.5. The first-order valence-corrected chi connectivity index (χ1v) is 8.47. The van der Waals surface area contributed by atoms with E-state index in [1.165, 1.54) is 0 Å². The molecule has 1 aliphatic carbocycles. The predicted octanol–water partition coefficient (Wildman–Crippen LogP) is 3.89. The minimum atomic E-state index is -4.76. The van der Waals surface area contributed by atoms with Gasteiger partial charge in [-0.25, -0.2) is 4.68 Å². The molecular formula is C17H12ClF3N4O2. The van der Waals surface area contributed by atoms with Gasteiger partial charge in [-0.15, -0.1) is 0 Å². The van der Waals surface area contributed by atoms with Gasteiger partial charge in [0.1, 0.15) is 12.1 Å². The second-order valence-electron chi connectivity index (χ2n) is 6.21. The topological polar surface area (TPSA) is 73.8 Å². The number of hydrogen-bond acceptors (Lipinski definition) is 5. The van der Waals surface area contributed by atoms with Gasteiger partial charge in [-0.05, 0) is 31.0 Å². The summed E-state index contributed by atoms with van der Waals surface area (Å²) in [6.07, 6.45) is -3.26. The second-order valence-corrected chi connectivity index (χ2v) is 6.62. The third-order valence-electron chi connectivity index (χ3n) is 4.16. The van der Waals surface area contributed by atoms with Crippen LogP contribution in [0.1, 0.15) is 35.8 Å². The molecule has 1 aliphatic rings. The van der Waals surface area contributed by atoms with Crippen LogP contribution >= 0.6 is 11.6 Å². The Morgan fingerprint density at radius 2 is 2.00 bits per heavy atom. The summed E-state index contributed by atoms with van der Waals surface area (Å²) in [5, 5.41) is 8.17. The Labute approximate surface area is 155 Å². The van der Waals surface area contributed by atoms with Gasteiger partial charge in [0.05, 0.1) is 16.3 Å². The van der Waals surface area contributed by atoms with Gasteiger partial charge >= 0.3 is 6.18 Å². The summed E-state index contributed by atoms with van der Waals surface area (Å²) in [5.41, 5.74) is -1.75. The highest BCUT2D eigenvalue weighted by atomic mass is 35.5. The molecule has 2 aromatic heterocycles. The van der Waals surface area contributed by atoms with E-state index in [9.17, 15) is 18.0 Å². The van der Waals surface area contributed by atoms with Gasteiger partial charge in [0.15, 0.2) is 5.82 Å². The van der Waals surface area contributed by atoms with Crippen LogP contribution in [0.4, 0.5) is 13.2 Å². The van der Waals surface area contributed by atoms with Crippen LogP contribution in [0.15, 0.2) is 39.6 Å². The number of alkyl halides is 3. The molecule has 0 bridgehead atoms. The van der Waals surface area contributed by atoms with Crippen molar-refractivity contribution in [2.75, 3.05) is 0 Å². The molecule has 0 radical (unpaired) electrons. The van der Waals surface area contributed by atoms with E-state index in [1.54, 1.807) is 24.3 Å². The maximum atomic E-state index is 13.2. The maximum absolute atomic E-state index is 13.2. The molecule has 2 heterocycles. The van der Waals surface area contributed by atoms with Crippen LogP contribution in [0.5, 0.6) is 0 Å². The monoisotopic (exact) mass is 396 g/mol. The fourth-order valence-electron chi connectivity index (χ4n) is 2.65. The first kappa shape index (κ1) is 17.7. The summed E-state index contributed by atoms with van der Waals surface area (Å²) in [7, 11) is 0. The van der Waals surface area contributed by atoms with Gasteiger partial charge in [-0.1, -0.05) is 28.9 Å². The van der Waals surface area contributed by atoms with E-state index in [0.717, 1.165) is 23.6 Å². The fourth-order valence-corrected chi connectivity index (χ4v) is 2.86. The zero-order valence-electron chi connectivity index (χ0n) is 13.7. The highest BCUT2D eigenvalue weighted by Gasteiger charge is 2.37. The molecule has 0 unspecified atom stereocenters. The van der Waals surface area contributed by atoms with Crippen molar-refractivity contribution in [2.45, 2.75) is 31.5 Å². The second kappa shape index (κ2) is 6.49. The van der Waals surface area contributed by atoms with Crippen LogP contribution in [-0.2, 0) is 12.7 Å². The molecule has 10 heteroatoms. The van der Waals surface area contributed by atoms with Crippen molar-refractivity contribution >= 4 is 11.6 Å². The fraction of sp³-hybridized carbons (Fsp3) is 0.294. The Morgan fingerprint density at radius 1 is 1.26 bits per heavy atom. The number of rotatable bonds is 4. The molecule has 0 N–H and O–H groups in total. The summed E-state index contributed by atoms with van der Waals surface area (Å²) in [6, 6.07) is 7.60. The molecule has 0 spiro atoms.